The monoisotopic (exact) mass is 422 g/mol. The second kappa shape index (κ2) is 6.95. The Morgan fingerprint density at radius 1 is 1.32 bits per heavy atom. The molecule has 0 radical (unpaired) electrons. The van der Waals surface area contributed by atoms with E-state index in [9.17, 15) is 14.7 Å². The maximum absolute atomic E-state index is 12.6. The van der Waals surface area contributed by atoms with Crippen LogP contribution in [0.25, 0.3) is 22.3 Å². The molecule has 1 unspecified atom stereocenters. The van der Waals surface area contributed by atoms with Crippen molar-refractivity contribution in [2.24, 2.45) is 11.3 Å². The number of aromatic nitrogens is 3. The lowest BCUT2D eigenvalue weighted by molar-refractivity contribution is 0.0693. The van der Waals surface area contributed by atoms with Crippen LogP contribution in [0, 0.1) is 11.3 Å². The average molecular weight is 422 g/mol. The van der Waals surface area contributed by atoms with Gasteiger partial charge in [0.15, 0.2) is 5.43 Å². The Bertz CT molecular complexity index is 1250. The Morgan fingerprint density at radius 3 is 2.74 bits per heavy atom. The smallest absolute Gasteiger partial charge is 0.341 e. The van der Waals surface area contributed by atoms with Crippen molar-refractivity contribution in [3.8, 4) is 17.1 Å². The van der Waals surface area contributed by atoms with Crippen LogP contribution in [-0.4, -0.2) is 45.1 Å². The number of carboxylic acid groups (broad SMARTS) is 1. The summed E-state index contributed by atoms with van der Waals surface area (Å²) < 4.78 is 9.97. The van der Waals surface area contributed by atoms with E-state index in [1.165, 1.54) is 12.3 Å². The molecule has 2 aromatic heterocycles. The third kappa shape index (κ3) is 3.22. The summed E-state index contributed by atoms with van der Waals surface area (Å²) in [6.45, 7) is 9.46. The summed E-state index contributed by atoms with van der Waals surface area (Å²) in [5.41, 5.74) is 1.38. The van der Waals surface area contributed by atoms with Gasteiger partial charge in [-0.1, -0.05) is 32.9 Å². The second-order valence-corrected chi connectivity index (χ2v) is 9.55. The van der Waals surface area contributed by atoms with Crippen molar-refractivity contribution >= 4 is 16.9 Å². The first-order valence-electron chi connectivity index (χ1n) is 10.6. The average Bonchev–Trinajstić information content (AvgIpc) is 3.04. The molecular formula is C23H26N4O4. The van der Waals surface area contributed by atoms with E-state index in [1.54, 1.807) is 0 Å². The summed E-state index contributed by atoms with van der Waals surface area (Å²) in [7, 11) is 0. The number of ether oxygens (including phenoxy) is 1. The molecule has 0 saturated carbocycles. The first-order valence-corrected chi connectivity index (χ1v) is 10.6. The van der Waals surface area contributed by atoms with Crippen LogP contribution in [0.3, 0.4) is 0 Å². The first-order chi connectivity index (χ1) is 14.7. The number of hydrogen-bond donors (Lipinski definition) is 2. The minimum Gasteiger partial charge on any atom is -0.491 e. The lowest BCUT2D eigenvalue weighted by Gasteiger charge is -2.38. The number of benzene rings is 1. The van der Waals surface area contributed by atoms with E-state index in [2.05, 4.69) is 26.1 Å². The highest BCUT2D eigenvalue weighted by Gasteiger charge is 2.35. The number of fused-ring (bicyclic) bond motifs is 5. The first kappa shape index (κ1) is 19.8. The Labute approximate surface area is 179 Å². The number of carboxylic acids is 1. The molecule has 8 nitrogen and oxygen atoms in total. The van der Waals surface area contributed by atoms with Crippen LogP contribution >= 0.6 is 0 Å². The topological polar surface area (TPSA) is 98.4 Å². The van der Waals surface area contributed by atoms with Gasteiger partial charge in [-0.25, -0.2) is 4.79 Å². The van der Waals surface area contributed by atoms with Crippen LogP contribution in [0.1, 0.15) is 37.2 Å². The van der Waals surface area contributed by atoms with Crippen LogP contribution in [0.2, 0.25) is 0 Å². The second-order valence-electron chi connectivity index (χ2n) is 9.55. The summed E-state index contributed by atoms with van der Waals surface area (Å²) in [5.74, 6) is 0.0271. The molecule has 162 valence electrons. The van der Waals surface area contributed by atoms with E-state index in [0.717, 1.165) is 35.4 Å². The van der Waals surface area contributed by atoms with Crippen molar-refractivity contribution in [2.75, 3.05) is 19.7 Å². The fourth-order valence-corrected chi connectivity index (χ4v) is 4.42. The molecule has 5 rings (SSSR count). The molecule has 2 N–H and O–H groups in total. The van der Waals surface area contributed by atoms with E-state index >= 15 is 0 Å². The number of nitrogens with zero attached hydrogens (tertiary/aromatic N) is 3. The quantitative estimate of drug-likeness (QED) is 0.671. The van der Waals surface area contributed by atoms with Crippen LogP contribution in [0.5, 0.6) is 5.75 Å². The van der Waals surface area contributed by atoms with Crippen molar-refractivity contribution < 1.29 is 14.6 Å². The third-order valence-corrected chi connectivity index (χ3v) is 6.31. The fourth-order valence-electron chi connectivity index (χ4n) is 4.42. The van der Waals surface area contributed by atoms with Gasteiger partial charge < -0.3 is 19.7 Å². The van der Waals surface area contributed by atoms with Gasteiger partial charge >= 0.3 is 5.97 Å². The molecule has 0 amide bonds. The van der Waals surface area contributed by atoms with Gasteiger partial charge in [-0.15, -0.1) is 0 Å². The molecule has 0 spiro atoms. The molecular weight excluding hydrogens is 396 g/mol. The highest BCUT2D eigenvalue weighted by atomic mass is 16.5. The van der Waals surface area contributed by atoms with Gasteiger partial charge in [0, 0.05) is 36.7 Å². The molecule has 1 aromatic carbocycles. The van der Waals surface area contributed by atoms with Gasteiger partial charge in [-0.3, -0.25) is 9.48 Å². The lowest BCUT2D eigenvalue weighted by Crippen LogP contribution is -2.45. The summed E-state index contributed by atoms with van der Waals surface area (Å²) in [4.78, 5) is 24.2. The van der Waals surface area contributed by atoms with Crippen LogP contribution < -0.4 is 15.5 Å². The summed E-state index contributed by atoms with van der Waals surface area (Å²) in [6.07, 6.45) is 1.49. The molecule has 8 heteroatoms. The van der Waals surface area contributed by atoms with Crippen LogP contribution in [0.15, 0.2) is 35.3 Å². The van der Waals surface area contributed by atoms with Crippen molar-refractivity contribution in [1.82, 2.24) is 19.7 Å². The molecule has 1 saturated heterocycles. The van der Waals surface area contributed by atoms with E-state index in [0.29, 0.717) is 24.8 Å². The molecule has 0 bridgehead atoms. The predicted molar refractivity (Wildman–Crippen MR) is 117 cm³/mol. The highest BCUT2D eigenvalue weighted by molar-refractivity contribution is 5.96. The summed E-state index contributed by atoms with van der Waals surface area (Å²) >= 11 is 0. The van der Waals surface area contributed by atoms with Crippen molar-refractivity contribution in [1.29, 1.82) is 0 Å². The maximum atomic E-state index is 12.6. The van der Waals surface area contributed by atoms with Gasteiger partial charge in [-0.2, -0.15) is 5.10 Å². The highest BCUT2D eigenvalue weighted by Crippen LogP contribution is 2.43. The molecule has 1 atom stereocenters. The van der Waals surface area contributed by atoms with E-state index < -0.39 is 11.4 Å². The molecule has 2 aliphatic heterocycles. The van der Waals surface area contributed by atoms with E-state index in [-0.39, 0.29) is 17.0 Å². The molecule has 2 aliphatic rings. The minimum atomic E-state index is -1.21. The Kier molecular flexibility index (Phi) is 4.44. The predicted octanol–water partition coefficient (Wildman–Crippen LogP) is 2.76. The normalized spacial score (nSPS) is 18.4. The molecule has 31 heavy (non-hydrogen) atoms. The Balaban J connectivity index is 1.69. The lowest BCUT2D eigenvalue weighted by atomic mass is 9.85. The van der Waals surface area contributed by atoms with Gasteiger partial charge in [0.2, 0.25) is 0 Å². The number of rotatable bonds is 4. The SMILES string of the molecule is CC(C)(C)C1Cn2nc3c(OCC4CNC4)cccc3c2-c2cc(=O)c(C(=O)O)cn21. The maximum Gasteiger partial charge on any atom is 0.341 e. The summed E-state index contributed by atoms with van der Waals surface area (Å²) in [6, 6.07) is 7.21. The van der Waals surface area contributed by atoms with Crippen molar-refractivity contribution in [3.05, 3.63) is 46.2 Å². The zero-order valence-corrected chi connectivity index (χ0v) is 17.9. The molecule has 4 heterocycles. The van der Waals surface area contributed by atoms with Crippen molar-refractivity contribution in [3.63, 3.8) is 0 Å². The third-order valence-electron chi connectivity index (χ3n) is 6.31. The minimum absolute atomic E-state index is 0.0616. The molecule has 1 fully saturated rings. The van der Waals surface area contributed by atoms with Gasteiger partial charge in [0.1, 0.15) is 16.8 Å². The van der Waals surface area contributed by atoms with Gasteiger partial charge in [0.25, 0.3) is 0 Å². The molecule has 3 aromatic rings. The Morgan fingerprint density at radius 2 is 2.10 bits per heavy atom. The Hall–Kier alpha value is -3.13. The standard InChI is InChI=1S/C23H26N4O4/c1-23(2,3)19-11-27-21(16-7-17(28)15(22(29)30)10-26(16)19)14-5-4-6-18(20(14)25-27)31-12-13-8-24-9-13/h4-7,10,13,19,24H,8-9,11-12H2,1-3H3,(H,29,30). The zero-order valence-electron chi connectivity index (χ0n) is 17.9. The largest absolute Gasteiger partial charge is 0.491 e. The fraction of sp³-hybridized carbons (Fsp3) is 0.435. The van der Waals surface area contributed by atoms with Crippen LogP contribution in [-0.2, 0) is 6.54 Å². The van der Waals surface area contributed by atoms with E-state index in [4.69, 9.17) is 9.84 Å². The zero-order chi connectivity index (χ0) is 21.9. The number of nitrogens with one attached hydrogen (secondary N) is 1. The summed E-state index contributed by atoms with van der Waals surface area (Å²) in [5, 5.41) is 18.5. The number of pyridine rings is 1. The van der Waals surface area contributed by atoms with Crippen molar-refractivity contribution in [2.45, 2.75) is 33.4 Å². The number of hydrogen-bond acceptors (Lipinski definition) is 5. The van der Waals surface area contributed by atoms with Gasteiger partial charge in [0.05, 0.1) is 30.6 Å². The van der Waals surface area contributed by atoms with E-state index in [1.807, 2.05) is 27.4 Å². The number of aromatic carboxylic acids is 1. The van der Waals surface area contributed by atoms with Gasteiger partial charge in [-0.05, 0) is 11.5 Å². The van der Waals surface area contributed by atoms with Crippen LogP contribution in [0.4, 0.5) is 0 Å². The molecule has 0 aliphatic carbocycles. The number of carbonyl (C=O) groups is 1.